The smallest absolute Gasteiger partial charge is 0.269 e. The number of anilines is 1. The molecule has 0 aliphatic carbocycles. The number of nitrogens with one attached hydrogen (secondary N) is 1. The van der Waals surface area contributed by atoms with E-state index in [-0.39, 0.29) is 5.69 Å². The number of benzene rings is 2. The Hall–Kier alpha value is -2.89. The summed E-state index contributed by atoms with van der Waals surface area (Å²) in [7, 11) is 0. The van der Waals surface area contributed by atoms with Crippen molar-refractivity contribution in [1.82, 2.24) is 0 Å². The van der Waals surface area contributed by atoms with E-state index in [1.165, 1.54) is 25.0 Å². The highest BCUT2D eigenvalue weighted by Crippen LogP contribution is 2.15. The van der Waals surface area contributed by atoms with Crippen LogP contribution in [0.3, 0.4) is 0 Å². The number of unbranched alkanes of at least 4 members (excludes halogenated alkanes) is 2. The fourth-order valence-corrected chi connectivity index (χ4v) is 2.03. The number of hydrogen-bond donors (Lipinski definition) is 1. The predicted octanol–water partition coefficient (Wildman–Crippen LogP) is 4.61. The second kappa shape index (κ2) is 9.29. The Kier molecular flexibility index (Phi) is 6.76. The molecule has 0 amide bonds. The minimum atomic E-state index is -0.432. The van der Waals surface area contributed by atoms with Crippen LogP contribution in [0.15, 0.2) is 53.6 Å². The Balaban J connectivity index is 1.82. The topological polar surface area (TPSA) is 76.8 Å². The molecule has 0 atom stereocenters. The van der Waals surface area contributed by atoms with Crippen molar-refractivity contribution in [1.29, 1.82) is 0 Å². The lowest BCUT2D eigenvalue weighted by Crippen LogP contribution is -1.97. The number of nitro groups is 1. The van der Waals surface area contributed by atoms with Gasteiger partial charge in [-0.05, 0) is 48.4 Å². The Morgan fingerprint density at radius 2 is 1.83 bits per heavy atom. The molecule has 0 bridgehead atoms. The van der Waals surface area contributed by atoms with Gasteiger partial charge in [0, 0.05) is 12.1 Å². The minimum absolute atomic E-state index is 0.0547. The van der Waals surface area contributed by atoms with Crippen molar-refractivity contribution >= 4 is 17.6 Å². The van der Waals surface area contributed by atoms with Crippen LogP contribution in [-0.4, -0.2) is 17.7 Å². The first-order chi connectivity index (χ1) is 11.7. The largest absolute Gasteiger partial charge is 0.494 e. The highest BCUT2D eigenvalue weighted by Gasteiger charge is 2.02. The molecule has 1 N–H and O–H groups in total. The zero-order valence-corrected chi connectivity index (χ0v) is 13.6. The van der Waals surface area contributed by atoms with Crippen LogP contribution in [0.25, 0.3) is 0 Å². The van der Waals surface area contributed by atoms with Crippen LogP contribution in [0.4, 0.5) is 11.4 Å². The van der Waals surface area contributed by atoms with Gasteiger partial charge in [0.1, 0.15) is 5.75 Å². The van der Waals surface area contributed by atoms with Gasteiger partial charge in [-0.15, -0.1) is 0 Å². The van der Waals surface area contributed by atoms with Gasteiger partial charge in [-0.3, -0.25) is 15.5 Å². The second-order valence-electron chi connectivity index (χ2n) is 5.30. The van der Waals surface area contributed by atoms with Gasteiger partial charge in [0.25, 0.3) is 5.69 Å². The molecule has 0 saturated heterocycles. The molecule has 0 saturated carbocycles. The van der Waals surface area contributed by atoms with Gasteiger partial charge >= 0.3 is 0 Å². The van der Waals surface area contributed by atoms with Crippen LogP contribution in [-0.2, 0) is 0 Å². The van der Waals surface area contributed by atoms with Crippen molar-refractivity contribution in [3.05, 3.63) is 64.2 Å². The van der Waals surface area contributed by atoms with E-state index in [1.807, 2.05) is 24.3 Å². The van der Waals surface area contributed by atoms with E-state index < -0.39 is 4.92 Å². The number of hydrazone groups is 1. The summed E-state index contributed by atoms with van der Waals surface area (Å²) in [5, 5.41) is 14.7. The summed E-state index contributed by atoms with van der Waals surface area (Å²) in [5.74, 6) is 0.853. The molecule has 2 aromatic rings. The Morgan fingerprint density at radius 3 is 2.46 bits per heavy atom. The fourth-order valence-electron chi connectivity index (χ4n) is 2.03. The molecule has 0 aromatic heterocycles. The third kappa shape index (κ3) is 5.72. The van der Waals surface area contributed by atoms with Crippen molar-refractivity contribution in [2.45, 2.75) is 26.2 Å². The van der Waals surface area contributed by atoms with Crippen molar-refractivity contribution in [3.63, 3.8) is 0 Å². The van der Waals surface area contributed by atoms with Crippen LogP contribution in [0.1, 0.15) is 31.7 Å². The quantitative estimate of drug-likeness (QED) is 0.316. The zero-order valence-electron chi connectivity index (χ0n) is 13.6. The van der Waals surface area contributed by atoms with Crippen LogP contribution in [0, 0.1) is 10.1 Å². The normalized spacial score (nSPS) is 10.7. The van der Waals surface area contributed by atoms with Gasteiger partial charge in [0.15, 0.2) is 0 Å². The third-order valence-electron chi connectivity index (χ3n) is 3.38. The SMILES string of the molecule is CCCCCOc1ccc(/C=N/Nc2ccc([N+](=O)[O-])cc2)cc1. The molecule has 6 heteroatoms. The maximum atomic E-state index is 10.6. The standard InChI is InChI=1S/C18H21N3O3/c1-2-3-4-13-24-18-11-5-15(6-12-18)14-19-20-16-7-9-17(10-8-16)21(22)23/h5-12,14,20H,2-4,13H2,1H3/b19-14+. The highest BCUT2D eigenvalue weighted by atomic mass is 16.6. The summed E-state index contributed by atoms with van der Waals surface area (Å²) in [6.07, 6.45) is 5.11. The molecular formula is C18H21N3O3. The Morgan fingerprint density at radius 1 is 1.12 bits per heavy atom. The molecule has 0 fully saturated rings. The van der Waals surface area contributed by atoms with Gasteiger partial charge in [0.2, 0.25) is 0 Å². The number of ether oxygens (including phenoxy) is 1. The van der Waals surface area contributed by atoms with Gasteiger partial charge < -0.3 is 4.74 Å². The average Bonchev–Trinajstić information content (AvgIpc) is 2.60. The minimum Gasteiger partial charge on any atom is -0.494 e. The lowest BCUT2D eigenvalue weighted by atomic mass is 10.2. The number of rotatable bonds is 9. The number of nitro benzene ring substituents is 1. The van der Waals surface area contributed by atoms with E-state index in [0.717, 1.165) is 24.3 Å². The number of nitrogens with zero attached hydrogens (tertiary/aromatic N) is 2. The van der Waals surface area contributed by atoms with Crippen molar-refractivity contribution in [2.75, 3.05) is 12.0 Å². The summed E-state index contributed by atoms with van der Waals surface area (Å²) in [5.41, 5.74) is 4.52. The van der Waals surface area contributed by atoms with E-state index >= 15 is 0 Å². The summed E-state index contributed by atoms with van der Waals surface area (Å²) in [6.45, 7) is 2.90. The average molecular weight is 327 g/mol. The molecule has 126 valence electrons. The highest BCUT2D eigenvalue weighted by molar-refractivity contribution is 5.80. The van der Waals surface area contributed by atoms with Crippen molar-refractivity contribution in [2.24, 2.45) is 5.10 Å². The second-order valence-corrected chi connectivity index (χ2v) is 5.30. The lowest BCUT2D eigenvalue weighted by Gasteiger charge is -2.05. The molecule has 0 unspecified atom stereocenters. The molecular weight excluding hydrogens is 306 g/mol. The zero-order chi connectivity index (χ0) is 17.2. The van der Waals surface area contributed by atoms with Crippen LogP contribution < -0.4 is 10.2 Å². The maximum absolute atomic E-state index is 10.6. The molecule has 6 nitrogen and oxygen atoms in total. The van der Waals surface area contributed by atoms with Crippen LogP contribution in [0.2, 0.25) is 0 Å². The molecule has 0 spiro atoms. The van der Waals surface area contributed by atoms with Crippen molar-refractivity contribution < 1.29 is 9.66 Å². The molecule has 0 radical (unpaired) electrons. The molecule has 0 heterocycles. The number of non-ortho nitro benzene ring substituents is 1. The summed E-state index contributed by atoms with van der Waals surface area (Å²) >= 11 is 0. The van der Waals surface area contributed by atoms with E-state index in [4.69, 9.17) is 4.74 Å². The third-order valence-corrected chi connectivity index (χ3v) is 3.38. The van der Waals surface area contributed by atoms with Crippen LogP contribution >= 0.6 is 0 Å². The molecule has 2 aromatic carbocycles. The Labute approximate surface area is 141 Å². The van der Waals surface area contributed by atoms with Gasteiger partial charge in [-0.25, -0.2) is 0 Å². The molecule has 0 aliphatic heterocycles. The van der Waals surface area contributed by atoms with E-state index in [0.29, 0.717) is 5.69 Å². The van der Waals surface area contributed by atoms with E-state index in [9.17, 15) is 10.1 Å². The monoisotopic (exact) mass is 327 g/mol. The maximum Gasteiger partial charge on any atom is 0.269 e. The molecule has 2 rings (SSSR count). The lowest BCUT2D eigenvalue weighted by molar-refractivity contribution is -0.384. The Bertz CT molecular complexity index is 667. The first-order valence-corrected chi connectivity index (χ1v) is 7.95. The molecule has 0 aliphatic rings. The fraction of sp³-hybridized carbons (Fsp3) is 0.278. The van der Waals surface area contributed by atoms with Crippen LogP contribution in [0.5, 0.6) is 5.75 Å². The predicted molar refractivity (Wildman–Crippen MR) is 95.8 cm³/mol. The first kappa shape index (κ1) is 17.5. The van der Waals surface area contributed by atoms with Gasteiger partial charge in [-0.2, -0.15) is 5.10 Å². The van der Waals surface area contributed by atoms with Gasteiger partial charge in [-0.1, -0.05) is 19.8 Å². The summed E-state index contributed by atoms with van der Waals surface area (Å²) < 4.78 is 5.65. The summed E-state index contributed by atoms with van der Waals surface area (Å²) in [6, 6.07) is 13.8. The van der Waals surface area contributed by atoms with E-state index in [1.54, 1.807) is 18.3 Å². The summed E-state index contributed by atoms with van der Waals surface area (Å²) in [4.78, 5) is 10.2. The van der Waals surface area contributed by atoms with E-state index in [2.05, 4.69) is 17.5 Å². The molecule has 24 heavy (non-hydrogen) atoms. The number of hydrogen-bond acceptors (Lipinski definition) is 5. The first-order valence-electron chi connectivity index (χ1n) is 7.95. The van der Waals surface area contributed by atoms with Gasteiger partial charge in [0.05, 0.1) is 23.4 Å². The van der Waals surface area contributed by atoms with Crippen molar-refractivity contribution in [3.8, 4) is 5.75 Å².